The van der Waals surface area contributed by atoms with Crippen LogP contribution in [0, 0.1) is 0 Å². The molecule has 0 saturated carbocycles. The maximum Gasteiger partial charge on any atom is 0.272 e. The second-order valence-corrected chi connectivity index (χ2v) is 6.21. The van der Waals surface area contributed by atoms with Crippen molar-refractivity contribution < 1.29 is 9.53 Å². The predicted molar refractivity (Wildman–Crippen MR) is 96.9 cm³/mol. The summed E-state index contributed by atoms with van der Waals surface area (Å²) in [5.74, 6) is 1.43. The Hall–Kier alpha value is -2.63. The highest BCUT2D eigenvalue weighted by molar-refractivity contribution is 5.92. The van der Waals surface area contributed by atoms with Gasteiger partial charge >= 0.3 is 0 Å². The number of nitrogens with zero attached hydrogens (tertiary/aromatic N) is 3. The minimum absolute atomic E-state index is 0.217. The van der Waals surface area contributed by atoms with Crippen LogP contribution in [0.25, 0.3) is 0 Å². The molecule has 25 heavy (non-hydrogen) atoms. The van der Waals surface area contributed by atoms with Crippen molar-refractivity contribution >= 4 is 11.7 Å². The van der Waals surface area contributed by atoms with Crippen LogP contribution in [0.1, 0.15) is 41.7 Å². The van der Waals surface area contributed by atoms with Gasteiger partial charge in [0, 0.05) is 19.6 Å². The summed E-state index contributed by atoms with van der Waals surface area (Å²) in [6, 6.07) is 11.2. The Labute approximate surface area is 148 Å². The van der Waals surface area contributed by atoms with Gasteiger partial charge in [0.05, 0.1) is 7.11 Å². The molecule has 1 N–H and O–H groups in total. The second kappa shape index (κ2) is 8.46. The van der Waals surface area contributed by atoms with Gasteiger partial charge in [-0.25, -0.2) is 0 Å². The van der Waals surface area contributed by atoms with E-state index in [4.69, 9.17) is 4.74 Å². The largest absolute Gasteiger partial charge is 0.497 e. The Bertz CT molecular complexity index is 678. The van der Waals surface area contributed by atoms with E-state index in [1.807, 2.05) is 30.3 Å². The van der Waals surface area contributed by atoms with E-state index in [2.05, 4.69) is 20.4 Å². The summed E-state index contributed by atoms with van der Waals surface area (Å²) in [7, 11) is 1.63. The summed E-state index contributed by atoms with van der Waals surface area (Å²) < 4.78 is 5.12. The zero-order chi connectivity index (χ0) is 17.5. The summed E-state index contributed by atoms with van der Waals surface area (Å²) in [5.41, 5.74) is 1.34. The third kappa shape index (κ3) is 4.68. The maximum absolute atomic E-state index is 12.2. The molecule has 6 heteroatoms. The van der Waals surface area contributed by atoms with Crippen LogP contribution < -0.4 is 15.0 Å². The third-order valence-electron chi connectivity index (χ3n) is 4.43. The highest BCUT2D eigenvalue weighted by Gasteiger charge is 2.13. The monoisotopic (exact) mass is 340 g/mol. The number of hydrogen-bond acceptors (Lipinski definition) is 5. The van der Waals surface area contributed by atoms with E-state index in [0.717, 1.165) is 30.2 Å². The predicted octanol–water partition coefficient (Wildman–Crippen LogP) is 2.80. The van der Waals surface area contributed by atoms with E-state index in [1.54, 1.807) is 13.2 Å². The fraction of sp³-hybridized carbons (Fsp3) is 0.421. The van der Waals surface area contributed by atoms with Crippen molar-refractivity contribution in [1.82, 2.24) is 15.5 Å². The number of nitrogens with one attached hydrogen (secondary N) is 1. The van der Waals surface area contributed by atoms with Gasteiger partial charge in [-0.3, -0.25) is 4.79 Å². The lowest BCUT2D eigenvalue weighted by Crippen LogP contribution is -2.27. The molecule has 2 aromatic rings. The van der Waals surface area contributed by atoms with Crippen LogP contribution in [-0.2, 0) is 6.54 Å². The van der Waals surface area contributed by atoms with E-state index in [1.165, 1.54) is 25.7 Å². The van der Waals surface area contributed by atoms with Gasteiger partial charge in [-0.15, -0.1) is 10.2 Å². The van der Waals surface area contributed by atoms with Gasteiger partial charge in [0.1, 0.15) is 5.75 Å². The third-order valence-corrected chi connectivity index (χ3v) is 4.43. The van der Waals surface area contributed by atoms with Gasteiger partial charge in [-0.2, -0.15) is 0 Å². The number of hydrogen-bond donors (Lipinski definition) is 1. The number of amides is 1. The zero-order valence-corrected chi connectivity index (χ0v) is 14.6. The fourth-order valence-corrected chi connectivity index (χ4v) is 2.93. The molecule has 0 unspecified atom stereocenters. The highest BCUT2D eigenvalue weighted by Crippen LogP contribution is 2.16. The topological polar surface area (TPSA) is 67.3 Å². The lowest BCUT2D eigenvalue weighted by atomic mass is 10.2. The van der Waals surface area contributed by atoms with Crippen LogP contribution >= 0.6 is 0 Å². The number of rotatable bonds is 5. The summed E-state index contributed by atoms with van der Waals surface area (Å²) in [6.07, 6.45) is 4.92. The van der Waals surface area contributed by atoms with Gasteiger partial charge in [-0.05, 0) is 42.7 Å². The Morgan fingerprint density at radius 3 is 2.36 bits per heavy atom. The number of aromatic nitrogens is 2. The van der Waals surface area contributed by atoms with Crippen molar-refractivity contribution in [3.63, 3.8) is 0 Å². The number of ether oxygens (including phenoxy) is 1. The lowest BCUT2D eigenvalue weighted by Gasteiger charge is -2.20. The number of carbonyl (C=O) groups is 1. The van der Waals surface area contributed by atoms with E-state index in [0.29, 0.717) is 12.2 Å². The average molecular weight is 340 g/mol. The van der Waals surface area contributed by atoms with Gasteiger partial charge in [0.25, 0.3) is 5.91 Å². The average Bonchev–Trinajstić information content (AvgIpc) is 2.96. The van der Waals surface area contributed by atoms with Gasteiger partial charge < -0.3 is 15.0 Å². The molecule has 0 radical (unpaired) electrons. The van der Waals surface area contributed by atoms with E-state index < -0.39 is 0 Å². The first-order chi connectivity index (χ1) is 12.3. The van der Waals surface area contributed by atoms with Crippen LogP contribution in [-0.4, -0.2) is 36.3 Å². The van der Waals surface area contributed by atoms with E-state index in [-0.39, 0.29) is 5.91 Å². The molecule has 1 aromatic heterocycles. The molecular formula is C19H24N4O2. The summed E-state index contributed by atoms with van der Waals surface area (Å²) in [6.45, 7) is 2.47. The maximum atomic E-state index is 12.2. The van der Waals surface area contributed by atoms with Crippen molar-refractivity contribution in [2.75, 3.05) is 25.1 Å². The Morgan fingerprint density at radius 1 is 1.04 bits per heavy atom. The summed E-state index contributed by atoms with van der Waals surface area (Å²) in [4.78, 5) is 14.5. The van der Waals surface area contributed by atoms with Crippen molar-refractivity contribution in [3.05, 3.63) is 47.7 Å². The standard InChI is InChI=1S/C19H24N4O2/c1-25-16-8-6-15(7-9-16)14-20-19(24)17-10-11-18(22-21-17)23-12-4-2-3-5-13-23/h6-11H,2-5,12-14H2,1H3,(H,20,24). The minimum Gasteiger partial charge on any atom is -0.497 e. The Morgan fingerprint density at radius 2 is 1.76 bits per heavy atom. The Kier molecular flexibility index (Phi) is 5.82. The van der Waals surface area contributed by atoms with Crippen molar-refractivity contribution in [2.24, 2.45) is 0 Å². The smallest absolute Gasteiger partial charge is 0.272 e. The molecule has 0 aliphatic carbocycles. The number of methoxy groups -OCH3 is 1. The molecule has 0 spiro atoms. The molecule has 1 saturated heterocycles. The number of benzene rings is 1. The van der Waals surface area contributed by atoms with E-state index in [9.17, 15) is 4.79 Å². The van der Waals surface area contributed by atoms with Crippen LogP contribution in [0.3, 0.4) is 0 Å². The molecule has 1 aliphatic heterocycles. The number of anilines is 1. The molecule has 1 fully saturated rings. The van der Waals surface area contributed by atoms with Crippen molar-refractivity contribution in [3.8, 4) is 5.75 Å². The summed E-state index contributed by atoms with van der Waals surface area (Å²) in [5, 5.41) is 11.2. The molecule has 132 valence electrons. The first-order valence-electron chi connectivity index (χ1n) is 8.76. The normalized spacial score (nSPS) is 14.7. The molecule has 1 aliphatic rings. The van der Waals surface area contributed by atoms with Crippen LogP contribution in [0.15, 0.2) is 36.4 Å². The minimum atomic E-state index is -0.217. The molecular weight excluding hydrogens is 316 g/mol. The highest BCUT2D eigenvalue weighted by atomic mass is 16.5. The van der Waals surface area contributed by atoms with Crippen LogP contribution in [0.5, 0.6) is 5.75 Å². The molecule has 2 heterocycles. The quantitative estimate of drug-likeness (QED) is 0.906. The SMILES string of the molecule is COc1ccc(CNC(=O)c2ccc(N3CCCCCC3)nn2)cc1. The number of carbonyl (C=O) groups excluding carboxylic acids is 1. The van der Waals surface area contributed by atoms with Gasteiger partial charge in [0.15, 0.2) is 11.5 Å². The second-order valence-electron chi connectivity index (χ2n) is 6.21. The summed E-state index contributed by atoms with van der Waals surface area (Å²) >= 11 is 0. The first kappa shape index (κ1) is 17.2. The van der Waals surface area contributed by atoms with Crippen LogP contribution in [0.2, 0.25) is 0 Å². The molecule has 1 amide bonds. The first-order valence-corrected chi connectivity index (χ1v) is 8.76. The molecule has 0 atom stereocenters. The van der Waals surface area contributed by atoms with Crippen LogP contribution in [0.4, 0.5) is 5.82 Å². The molecule has 6 nitrogen and oxygen atoms in total. The van der Waals surface area contributed by atoms with E-state index >= 15 is 0 Å². The molecule has 0 bridgehead atoms. The lowest BCUT2D eigenvalue weighted by molar-refractivity contribution is 0.0945. The van der Waals surface area contributed by atoms with Gasteiger partial charge in [-0.1, -0.05) is 25.0 Å². The fourth-order valence-electron chi connectivity index (χ4n) is 2.93. The molecule has 3 rings (SSSR count). The molecule has 1 aromatic carbocycles. The zero-order valence-electron chi connectivity index (χ0n) is 14.6. The van der Waals surface area contributed by atoms with Crippen molar-refractivity contribution in [2.45, 2.75) is 32.2 Å². The van der Waals surface area contributed by atoms with Gasteiger partial charge in [0.2, 0.25) is 0 Å². The Balaban J connectivity index is 1.56. The van der Waals surface area contributed by atoms with Crippen molar-refractivity contribution in [1.29, 1.82) is 0 Å².